The van der Waals surface area contributed by atoms with E-state index in [1.807, 2.05) is 24.4 Å². The van der Waals surface area contributed by atoms with Gasteiger partial charge in [-0.25, -0.2) is 4.79 Å². The average molecular weight is 563 g/mol. The number of benzene rings is 1. The van der Waals surface area contributed by atoms with Crippen molar-refractivity contribution in [3.8, 4) is 11.8 Å². The van der Waals surface area contributed by atoms with Crippen molar-refractivity contribution in [1.82, 2.24) is 34.3 Å². The molecule has 0 atom stereocenters. The van der Waals surface area contributed by atoms with Gasteiger partial charge in [-0.2, -0.15) is 19.6 Å². The van der Waals surface area contributed by atoms with Crippen molar-refractivity contribution < 1.29 is 19.1 Å². The van der Waals surface area contributed by atoms with E-state index >= 15 is 0 Å². The lowest BCUT2D eigenvalue weighted by Gasteiger charge is -2.33. The minimum atomic E-state index is -0.438. The van der Waals surface area contributed by atoms with E-state index in [1.54, 1.807) is 20.4 Å². The summed E-state index contributed by atoms with van der Waals surface area (Å²) in [7, 11) is 2.12. The van der Waals surface area contributed by atoms with E-state index in [-0.39, 0.29) is 17.9 Å². The van der Waals surface area contributed by atoms with Crippen LogP contribution >= 0.6 is 0 Å². The van der Waals surface area contributed by atoms with E-state index in [4.69, 9.17) is 14.5 Å². The highest BCUT2D eigenvalue weighted by atomic mass is 16.6. The van der Waals surface area contributed by atoms with Crippen molar-refractivity contribution >= 4 is 23.6 Å². The number of hydrogen-bond donors (Lipinski definition) is 1. The number of piperazine rings is 1. The summed E-state index contributed by atoms with van der Waals surface area (Å²) in [5.74, 6) is 1.08. The number of nitrogens with zero attached hydrogens (tertiary/aromatic N) is 7. The van der Waals surface area contributed by atoms with Crippen LogP contribution < -0.4 is 14.8 Å². The third-order valence-electron chi connectivity index (χ3n) is 7.51. The maximum absolute atomic E-state index is 12.7. The van der Waals surface area contributed by atoms with Gasteiger partial charge in [-0.3, -0.25) is 4.79 Å². The molecule has 218 valence electrons. The fraction of sp³-hybridized carbons (Fsp3) is 0.483. The van der Waals surface area contributed by atoms with Gasteiger partial charge in [0, 0.05) is 51.4 Å². The minimum Gasteiger partial charge on any atom is -0.460 e. The number of hydrogen-bond acceptors (Lipinski definition) is 9. The van der Waals surface area contributed by atoms with Gasteiger partial charge in [0.2, 0.25) is 11.9 Å². The molecule has 2 aromatic heterocycles. The number of amides is 2. The van der Waals surface area contributed by atoms with Crippen molar-refractivity contribution in [1.29, 1.82) is 0 Å². The molecule has 0 radical (unpaired) electrons. The molecule has 3 aromatic rings. The third-order valence-corrected chi connectivity index (χ3v) is 7.51. The monoisotopic (exact) mass is 562 g/mol. The van der Waals surface area contributed by atoms with E-state index in [1.165, 1.54) is 6.08 Å². The molecule has 0 bridgehead atoms. The molecule has 1 N–H and O–H groups in total. The van der Waals surface area contributed by atoms with E-state index < -0.39 is 6.09 Å². The summed E-state index contributed by atoms with van der Waals surface area (Å²) < 4.78 is 13.6. The highest BCUT2D eigenvalue weighted by Gasteiger charge is 2.25. The topological polar surface area (TPSA) is 117 Å². The Morgan fingerprint density at radius 3 is 2.54 bits per heavy atom. The predicted molar refractivity (Wildman–Crippen MR) is 154 cm³/mol. The van der Waals surface area contributed by atoms with Gasteiger partial charge in [0.1, 0.15) is 11.9 Å². The molecule has 4 heterocycles. The number of nitrogens with one attached hydrogen (secondary N) is 1. The lowest BCUT2D eigenvalue weighted by atomic mass is 10.1. The van der Waals surface area contributed by atoms with Crippen LogP contribution in [0, 0.1) is 0 Å². The van der Waals surface area contributed by atoms with Crippen LogP contribution in [0.5, 0.6) is 11.8 Å². The number of carbonyl (C=O) groups is 2. The average Bonchev–Trinajstić information content (AvgIpc) is 3.41. The number of anilines is 1. The molecule has 0 aliphatic carbocycles. The Morgan fingerprint density at radius 2 is 1.83 bits per heavy atom. The maximum atomic E-state index is 12.7. The molecular formula is C29H38N8O4. The highest BCUT2D eigenvalue weighted by Crippen LogP contribution is 2.25. The smallest absolute Gasteiger partial charge is 0.415 e. The number of ether oxygens (including phenoxy) is 2. The SMILES string of the molecule is C=CC(=O)N1CCN(C(=O)Oc2cccc(CNc3nc(OC4CCN(C)CC4)nc4c(C(C)C)cnn34)c2)CC1. The maximum Gasteiger partial charge on any atom is 0.415 e. The van der Waals surface area contributed by atoms with Gasteiger partial charge in [0.05, 0.1) is 6.20 Å². The zero-order valence-electron chi connectivity index (χ0n) is 24.0. The molecule has 0 unspecified atom stereocenters. The lowest BCUT2D eigenvalue weighted by molar-refractivity contribution is -0.127. The van der Waals surface area contributed by atoms with Crippen LogP contribution in [-0.4, -0.2) is 98.7 Å². The van der Waals surface area contributed by atoms with Crippen LogP contribution in [0.3, 0.4) is 0 Å². The molecule has 5 rings (SSSR count). The molecule has 12 nitrogen and oxygen atoms in total. The quantitative estimate of drug-likeness (QED) is 0.413. The zero-order chi connectivity index (χ0) is 28.9. The summed E-state index contributed by atoms with van der Waals surface area (Å²) in [4.78, 5) is 39.5. The second-order valence-corrected chi connectivity index (χ2v) is 10.8. The minimum absolute atomic E-state index is 0.0729. The van der Waals surface area contributed by atoms with Crippen molar-refractivity contribution in [2.45, 2.75) is 45.3 Å². The number of likely N-dealkylation sites (tertiary alicyclic amines) is 1. The van der Waals surface area contributed by atoms with Crippen LogP contribution in [0.25, 0.3) is 5.65 Å². The second-order valence-electron chi connectivity index (χ2n) is 10.8. The molecule has 2 aliphatic heterocycles. The standard InChI is InChI=1S/C29H38N8O4/c1-5-25(38)35-13-15-36(16-14-35)29(39)41-23-8-6-7-21(17-23)18-30-27-33-28(40-22-9-11-34(4)12-10-22)32-26-24(20(2)3)19-31-37(26)27/h5-8,17,19-20,22H,1,9-16,18H2,2-4H3,(H,30,32,33). The molecule has 2 fully saturated rings. The Hall–Kier alpha value is -4.19. The Morgan fingerprint density at radius 1 is 1.10 bits per heavy atom. The van der Waals surface area contributed by atoms with Crippen molar-refractivity contribution in [3.05, 3.63) is 54.2 Å². The Bertz CT molecular complexity index is 1390. The molecule has 1 aromatic carbocycles. The molecule has 41 heavy (non-hydrogen) atoms. The van der Waals surface area contributed by atoms with E-state index in [0.717, 1.165) is 42.7 Å². The second kappa shape index (κ2) is 12.5. The van der Waals surface area contributed by atoms with Gasteiger partial charge < -0.3 is 29.5 Å². The van der Waals surface area contributed by atoms with E-state index in [9.17, 15) is 9.59 Å². The highest BCUT2D eigenvalue weighted by molar-refractivity contribution is 5.87. The largest absolute Gasteiger partial charge is 0.460 e. The molecule has 2 amide bonds. The van der Waals surface area contributed by atoms with E-state index in [2.05, 4.69) is 47.8 Å². The Balaban J connectivity index is 1.26. The summed E-state index contributed by atoms with van der Waals surface area (Å²) >= 11 is 0. The summed E-state index contributed by atoms with van der Waals surface area (Å²) in [5.41, 5.74) is 2.64. The fourth-order valence-corrected chi connectivity index (χ4v) is 5.01. The molecular weight excluding hydrogens is 524 g/mol. The number of piperidine rings is 1. The first-order valence-electron chi connectivity index (χ1n) is 14.1. The molecule has 12 heteroatoms. The van der Waals surface area contributed by atoms with Crippen molar-refractivity contribution in [2.24, 2.45) is 0 Å². The Labute approximate surface area is 239 Å². The predicted octanol–water partition coefficient (Wildman–Crippen LogP) is 3.16. The van der Waals surface area contributed by atoms with Gasteiger partial charge in [0.15, 0.2) is 5.65 Å². The van der Waals surface area contributed by atoms with Crippen LogP contribution in [0.4, 0.5) is 10.7 Å². The summed E-state index contributed by atoms with van der Waals surface area (Å²) in [6, 6.07) is 7.70. The van der Waals surface area contributed by atoms with Gasteiger partial charge >= 0.3 is 12.1 Å². The van der Waals surface area contributed by atoms with Gasteiger partial charge in [-0.15, -0.1) is 0 Å². The first-order valence-corrected chi connectivity index (χ1v) is 14.1. The fourth-order valence-electron chi connectivity index (χ4n) is 5.01. The first-order chi connectivity index (χ1) is 19.8. The lowest BCUT2D eigenvalue weighted by Crippen LogP contribution is -2.50. The summed E-state index contributed by atoms with van der Waals surface area (Å²) in [6.07, 6.45) is 4.61. The van der Waals surface area contributed by atoms with Crippen molar-refractivity contribution in [2.75, 3.05) is 51.6 Å². The van der Waals surface area contributed by atoms with Gasteiger partial charge in [-0.05, 0) is 49.6 Å². The molecule has 2 saturated heterocycles. The van der Waals surface area contributed by atoms with Crippen LogP contribution in [-0.2, 0) is 11.3 Å². The molecule has 0 saturated carbocycles. The third kappa shape index (κ3) is 6.76. The summed E-state index contributed by atoms with van der Waals surface area (Å²) in [5, 5.41) is 7.91. The number of aromatic nitrogens is 4. The molecule has 2 aliphatic rings. The first kappa shape index (κ1) is 28.3. The number of rotatable bonds is 8. The van der Waals surface area contributed by atoms with Crippen molar-refractivity contribution in [3.63, 3.8) is 0 Å². The zero-order valence-corrected chi connectivity index (χ0v) is 24.0. The Kier molecular flexibility index (Phi) is 8.67. The summed E-state index contributed by atoms with van der Waals surface area (Å²) in [6.45, 7) is 11.8. The van der Waals surface area contributed by atoms with Crippen LogP contribution in [0.1, 0.15) is 43.7 Å². The van der Waals surface area contributed by atoms with Crippen LogP contribution in [0.15, 0.2) is 43.1 Å². The number of carbonyl (C=O) groups excluding carboxylic acids is 2. The van der Waals surface area contributed by atoms with Crippen LogP contribution in [0.2, 0.25) is 0 Å². The normalized spacial score (nSPS) is 16.7. The van der Waals surface area contributed by atoms with Gasteiger partial charge in [0.25, 0.3) is 0 Å². The number of fused-ring (bicyclic) bond motifs is 1. The van der Waals surface area contributed by atoms with E-state index in [0.29, 0.717) is 50.4 Å². The van der Waals surface area contributed by atoms with Gasteiger partial charge in [-0.1, -0.05) is 32.6 Å². The molecule has 0 spiro atoms.